The van der Waals surface area contributed by atoms with E-state index in [4.69, 9.17) is 11.6 Å². The number of halogens is 2. The van der Waals surface area contributed by atoms with Crippen LogP contribution in [-0.4, -0.2) is 41.8 Å². The van der Waals surface area contributed by atoms with Crippen LogP contribution in [0.3, 0.4) is 0 Å². The number of hydrogen-bond donors (Lipinski definition) is 2. The second-order valence-corrected chi connectivity index (χ2v) is 7.72. The number of fused-ring (bicyclic) bond motifs is 2. The first-order valence-corrected chi connectivity index (χ1v) is 9.88. The van der Waals surface area contributed by atoms with Gasteiger partial charge in [-0.05, 0) is 41.5 Å². The molecule has 0 radical (unpaired) electrons. The number of aromatic nitrogens is 1. The average Bonchev–Trinajstić information content (AvgIpc) is 2.73. The fourth-order valence-electron chi connectivity index (χ4n) is 3.79. The molecule has 1 atom stereocenters. The number of nitrogens with one attached hydrogen (secondary N) is 2. The number of rotatable bonds is 4. The van der Waals surface area contributed by atoms with Crippen molar-refractivity contribution in [1.82, 2.24) is 15.2 Å². The van der Waals surface area contributed by atoms with Crippen molar-refractivity contribution in [3.05, 3.63) is 70.8 Å². The maximum atomic E-state index is 13.5. The molecule has 154 valence electrons. The molecule has 3 aromatic rings. The van der Waals surface area contributed by atoms with E-state index in [0.717, 1.165) is 11.1 Å². The van der Waals surface area contributed by atoms with Crippen LogP contribution in [0.15, 0.2) is 48.8 Å². The van der Waals surface area contributed by atoms with Gasteiger partial charge in [-0.1, -0.05) is 17.7 Å². The van der Waals surface area contributed by atoms with Crippen LogP contribution in [-0.2, 0) is 16.1 Å². The molecule has 4 rings (SSSR count). The Morgan fingerprint density at radius 2 is 2.07 bits per heavy atom. The van der Waals surface area contributed by atoms with Crippen molar-refractivity contribution in [1.29, 1.82) is 0 Å². The predicted octanol–water partition coefficient (Wildman–Crippen LogP) is 3.31. The van der Waals surface area contributed by atoms with Gasteiger partial charge in [-0.25, -0.2) is 4.39 Å². The summed E-state index contributed by atoms with van der Waals surface area (Å²) in [7, 11) is 1.58. The second kappa shape index (κ2) is 8.38. The van der Waals surface area contributed by atoms with Gasteiger partial charge in [0, 0.05) is 42.1 Å². The van der Waals surface area contributed by atoms with E-state index in [1.165, 1.54) is 12.1 Å². The normalized spacial score (nSPS) is 16.2. The summed E-state index contributed by atoms with van der Waals surface area (Å²) in [4.78, 5) is 31.2. The largest absolute Gasteiger partial charge is 0.358 e. The molecular formula is C22H20ClFN4O2. The summed E-state index contributed by atoms with van der Waals surface area (Å²) in [5.74, 6) is -1.24. The van der Waals surface area contributed by atoms with E-state index in [-0.39, 0.29) is 24.2 Å². The van der Waals surface area contributed by atoms with E-state index in [1.807, 2.05) is 11.0 Å². The van der Waals surface area contributed by atoms with E-state index in [2.05, 4.69) is 15.6 Å². The lowest BCUT2D eigenvalue weighted by Gasteiger charge is -2.33. The number of benzene rings is 2. The molecule has 2 aromatic carbocycles. The minimum absolute atomic E-state index is 0.119. The first kappa shape index (κ1) is 20.3. The highest BCUT2D eigenvalue weighted by atomic mass is 35.5. The van der Waals surface area contributed by atoms with Crippen LogP contribution in [0.4, 0.5) is 10.1 Å². The van der Waals surface area contributed by atoms with Crippen molar-refractivity contribution in [2.45, 2.75) is 12.5 Å². The predicted molar refractivity (Wildman–Crippen MR) is 114 cm³/mol. The van der Waals surface area contributed by atoms with E-state index in [1.54, 1.807) is 37.6 Å². The van der Waals surface area contributed by atoms with E-state index >= 15 is 0 Å². The standard InChI is InChI=1S/C22H20ClFN4O2/c1-25-21(29)12-28-10-13-2-3-15(23)7-18(13)19(11-28)22(30)27-20-9-26-8-14-6-16(24)4-5-17(14)20/h2-9,19H,10-12H2,1H3,(H,25,29)(H,27,30)/t19-/m1/s1. The molecule has 1 aromatic heterocycles. The van der Waals surface area contributed by atoms with Crippen LogP contribution in [0.1, 0.15) is 17.0 Å². The molecule has 0 unspecified atom stereocenters. The maximum absolute atomic E-state index is 13.5. The molecule has 0 fully saturated rings. The summed E-state index contributed by atoms with van der Waals surface area (Å²) in [6.07, 6.45) is 3.09. The molecule has 0 aliphatic carbocycles. The van der Waals surface area contributed by atoms with E-state index in [9.17, 15) is 14.0 Å². The lowest BCUT2D eigenvalue weighted by molar-refractivity contribution is -0.123. The highest BCUT2D eigenvalue weighted by Gasteiger charge is 2.31. The van der Waals surface area contributed by atoms with Crippen molar-refractivity contribution in [2.75, 3.05) is 25.5 Å². The van der Waals surface area contributed by atoms with Gasteiger partial charge >= 0.3 is 0 Å². The summed E-state index contributed by atoms with van der Waals surface area (Å²) in [5, 5.41) is 7.39. The summed E-state index contributed by atoms with van der Waals surface area (Å²) in [6, 6.07) is 9.80. The molecule has 8 heteroatoms. The van der Waals surface area contributed by atoms with Crippen molar-refractivity contribution in [2.24, 2.45) is 0 Å². The van der Waals surface area contributed by atoms with Gasteiger partial charge in [0.1, 0.15) is 5.82 Å². The van der Waals surface area contributed by atoms with Gasteiger partial charge in [-0.15, -0.1) is 0 Å². The zero-order chi connectivity index (χ0) is 21.3. The monoisotopic (exact) mass is 426 g/mol. The number of pyridine rings is 1. The number of nitrogens with zero attached hydrogens (tertiary/aromatic N) is 2. The molecule has 1 aliphatic heterocycles. The average molecular weight is 427 g/mol. The number of amides is 2. The lowest BCUT2D eigenvalue weighted by Crippen LogP contribution is -2.43. The molecule has 2 N–H and O–H groups in total. The zero-order valence-corrected chi connectivity index (χ0v) is 17.0. The molecule has 1 aliphatic rings. The van der Waals surface area contributed by atoms with Crippen LogP contribution < -0.4 is 10.6 Å². The van der Waals surface area contributed by atoms with Crippen molar-refractivity contribution < 1.29 is 14.0 Å². The Hall–Kier alpha value is -3.03. The Balaban J connectivity index is 1.65. The molecule has 6 nitrogen and oxygen atoms in total. The highest BCUT2D eigenvalue weighted by Crippen LogP contribution is 2.32. The Bertz CT molecular complexity index is 1140. The van der Waals surface area contributed by atoms with Crippen LogP contribution in [0.2, 0.25) is 5.02 Å². The van der Waals surface area contributed by atoms with Gasteiger partial charge in [-0.3, -0.25) is 19.5 Å². The second-order valence-electron chi connectivity index (χ2n) is 7.28. The Labute approximate surface area is 178 Å². The Kier molecular flexibility index (Phi) is 5.65. The van der Waals surface area contributed by atoms with Crippen LogP contribution in [0.25, 0.3) is 10.8 Å². The SMILES string of the molecule is CNC(=O)CN1Cc2ccc(Cl)cc2[C@H](C(=O)Nc2cncc3cc(F)ccc23)C1. The summed E-state index contributed by atoms with van der Waals surface area (Å²) in [6.45, 7) is 1.12. The van der Waals surface area contributed by atoms with Crippen molar-refractivity contribution in [3.8, 4) is 0 Å². The van der Waals surface area contributed by atoms with Crippen molar-refractivity contribution >= 4 is 39.9 Å². The Morgan fingerprint density at radius 1 is 1.23 bits per heavy atom. The van der Waals surface area contributed by atoms with Gasteiger partial charge in [0.25, 0.3) is 0 Å². The van der Waals surface area contributed by atoms with Crippen molar-refractivity contribution in [3.63, 3.8) is 0 Å². The van der Waals surface area contributed by atoms with Gasteiger partial charge in [0.05, 0.1) is 24.3 Å². The Morgan fingerprint density at radius 3 is 2.87 bits per heavy atom. The third-order valence-electron chi connectivity index (χ3n) is 5.26. The molecule has 0 spiro atoms. The third kappa shape index (κ3) is 4.13. The van der Waals surface area contributed by atoms with Crippen LogP contribution in [0.5, 0.6) is 0 Å². The van der Waals surface area contributed by atoms with E-state index in [0.29, 0.717) is 34.6 Å². The van der Waals surface area contributed by atoms with Gasteiger partial charge < -0.3 is 10.6 Å². The smallest absolute Gasteiger partial charge is 0.233 e. The number of carbonyl (C=O) groups excluding carboxylic acids is 2. The quantitative estimate of drug-likeness (QED) is 0.671. The maximum Gasteiger partial charge on any atom is 0.233 e. The topological polar surface area (TPSA) is 74.3 Å². The van der Waals surface area contributed by atoms with Crippen LogP contribution in [0, 0.1) is 5.82 Å². The van der Waals surface area contributed by atoms with Gasteiger partial charge in [-0.2, -0.15) is 0 Å². The molecule has 2 heterocycles. The molecular weight excluding hydrogens is 407 g/mol. The number of carbonyl (C=O) groups is 2. The van der Waals surface area contributed by atoms with Gasteiger partial charge in [0.2, 0.25) is 11.8 Å². The molecule has 30 heavy (non-hydrogen) atoms. The number of anilines is 1. The summed E-state index contributed by atoms with van der Waals surface area (Å²) in [5.41, 5.74) is 2.30. The molecule has 0 saturated heterocycles. The highest BCUT2D eigenvalue weighted by molar-refractivity contribution is 6.30. The molecule has 0 bridgehead atoms. The zero-order valence-electron chi connectivity index (χ0n) is 16.3. The minimum Gasteiger partial charge on any atom is -0.358 e. The third-order valence-corrected chi connectivity index (χ3v) is 5.49. The number of hydrogen-bond acceptors (Lipinski definition) is 4. The minimum atomic E-state index is -0.521. The first-order valence-electron chi connectivity index (χ1n) is 9.50. The van der Waals surface area contributed by atoms with Crippen LogP contribution >= 0.6 is 11.6 Å². The lowest BCUT2D eigenvalue weighted by atomic mass is 9.89. The van der Waals surface area contributed by atoms with Gasteiger partial charge in [0.15, 0.2) is 0 Å². The first-order chi connectivity index (χ1) is 14.4. The number of likely N-dealkylation sites (N-methyl/N-ethyl adjacent to an activating group) is 1. The van der Waals surface area contributed by atoms with E-state index < -0.39 is 5.92 Å². The summed E-state index contributed by atoms with van der Waals surface area (Å²) >= 11 is 6.19. The fourth-order valence-corrected chi connectivity index (χ4v) is 3.97. The fraction of sp³-hybridized carbons (Fsp3) is 0.227. The summed E-state index contributed by atoms with van der Waals surface area (Å²) < 4.78 is 13.5. The molecule has 2 amide bonds. The molecule has 0 saturated carbocycles.